The number of ether oxygens (including phenoxy) is 1. The van der Waals surface area contributed by atoms with Crippen molar-refractivity contribution in [3.05, 3.63) is 87.8 Å². The Bertz CT molecular complexity index is 1490. The molecule has 2 heterocycles. The summed E-state index contributed by atoms with van der Waals surface area (Å²) in [6.45, 7) is 0.850. The van der Waals surface area contributed by atoms with Crippen molar-refractivity contribution in [1.82, 2.24) is 19.6 Å². The maximum Gasteiger partial charge on any atom is 0.274 e. The lowest BCUT2D eigenvalue weighted by atomic mass is 9.79. The van der Waals surface area contributed by atoms with Gasteiger partial charge in [-0.2, -0.15) is 9.50 Å². The monoisotopic (exact) mass is 520 g/mol. The van der Waals surface area contributed by atoms with E-state index in [4.69, 9.17) is 4.74 Å². The maximum atomic E-state index is 14.1. The Hall–Kier alpha value is -3.72. The number of rotatable bonds is 9. The van der Waals surface area contributed by atoms with Crippen LogP contribution in [-0.2, 0) is 28.5 Å². The van der Waals surface area contributed by atoms with E-state index < -0.39 is 11.5 Å². The zero-order valence-electron chi connectivity index (χ0n) is 21.3. The SMILES string of the molecule is CC(F)(F)c1ccccc1CCC(=O)C1(OCc2cc(=O)n3[nH]c(-c4ccccc4)nc3n2)CCCCC1. The highest BCUT2D eigenvalue weighted by Crippen LogP contribution is 2.36. The number of carbonyl (C=O) groups is 1. The summed E-state index contributed by atoms with van der Waals surface area (Å²) >= 11 is 0. The van der Waals surface area contributed by atoms with Crippen LogP contribution >= 0.6 is 0 Å². The molecule has 1 fully saturated rings. The Morgan fingerprint density at radius 1 is 1.05 bits per heavy atom. The van der Waals surface area contributed by atoms with Gasteiger partial charge in [-0.3, -0.25) is 14.7 Å². The number of aromatic nitrogens is 4. The largest absolute Gasteiger partial charge is 0.361 e. The highest BCUT2D eigenvalue weighted by atomic mass is 19.3. The first kappa shape index (κ1) is 25.9. The van der Waals surface area contributed by atoms with Crippen LogP contribution in [-0.4, -0.2) is 31.0 Å². The normalized spacial score (nSPS) is 15.6. The smallest absolute Gasteiger partial charge is 0.274 e. The molecule has 0 amide bonds. The molecule has 9 heteroatoms. The summed E-state index contributed by atoms with van der Waals surface area (Å²) in [7, 11) is 0. The molecule has 0 aliphatic heterocycles. The summed E-state index contributed by atoms with van der Waals surface area (Å²) in [5.74, 6) is -2.35. The fraction of sp³-hybridized carbons (Fsp3) is 0.379. The van der Waals surface area contributed by atoms with Crippen molar-refractivity contribution in [2.24, 2.45) is 0 Å². The minimum atomic E-state index is -2.98. The second-order valence-electron chi connectivity index (χ2n) is 9.97. The molecule has 1 aliphatic carbocycles. The minimum Gasteiger partial charge on any atom is -0.361 e. The van der Waals surface area contributed by atoms with Crippen LogP contribution in [0.5, 0.6) is 0 Å². The Morgan fingerprint density at radius 3 is 2.50 bits per heavy atom. The van der Waals surface area contributed by atoms with Crippen molar-refractivity contribution < 1.29 is 18.3 Å². The van der Waals surface area contributed by atoms with E-state index in [1.807, 2.05) is 30.3 Å². The van der Waals surface area contributed by atoms with E-state index in [0.29, 0.717) is 29.9 Å². The number of nitrogens with one attached hydrogen (secondary N) is 1. The lowest BCUT2D eigenvalue weighted by molar-refractivity contribution is -0.152. The Balaban J connectivity index is 1.34. The molecule has 0 bridgehead atoms. The number of H-pyrrole nitrogens is 1. The molecule has 0 atom stereocenters. The average Bonchev–Trinajstić information content (AvgIpc) is 3.36. The van der Waals surface area contributed by atoms with Crippen LogP contribution in [0, 0.1) is 0 Å². The van der Waals surface area contributed by atoms with E-state index in [2.05, 4.69) is 15.1 Å². The number of fused-ring (bicyclic) bond motifs is 1. The van der Waals surface area contributed by atoms with Gasteiger partial charge >= 0.3 is 0 Å². The van der Waals surface area contributed by atoms with Gasteiger partial charge in [0.1, 0.15) is 5.60 Å². The van der Waals surface area contributed by atoms with E-state index >= 15 is 0 Å². The molecule has 5 rings (SSSR count). The number of aryl methyl sites for hydroxylation is 1. The molecule has 0 radical (unpaired) electrons. The fourth-order valence-electron chi connectivity index (χ4n) is 5.21. The molecule has 2 aromatic carbocycles. The summed E-state index contributed by atoms with van der Waals surface area (Å²) in [5.41, 5.74) is 0.268. The van der Waals surface area contributed by atoms with Crippen molar-refractivity contribution >= 4 is 11.6 Å². The van der Waals surface area contributed by atoms with E-state index in [9.17, 15) is 18.4 Å². The van der Waals surface area contributed by atoms with E-state index in [-0.39, 0.29) is 42.1 Å². The summed E-state index contributed by atoms with van der Waals surface area (Å²) in [4.78, 5) is 35.2. The van der Waals surface area contributed by atoms with Crippen molar-refractivity contribution in [1.29, 1.82) is 0 Å². The van der Waals surface area contributed by atoms with Gasteiger partial charge in [0, 0.05) is 30.5 Å². The summed E-state index contributed by atoms with van der Waals surface area (Å²) in [5, 5.41) is 2.97. The number of hydrogen-bond donors (Lipinski definition) is 1. The first-order valence-electron chi connectivity index (χ1n) is 12.9. The highest BCUT2D eigenvalue weighted by Gasteiger charge is 2.40. The molecule has 0 spiro atoms. The molecule has 2 aromatic heterocycles. The van der Waals surface area contributed by atoms with E-state index in [1.54, 1.807) is 18.2 Å². The Labute approximate surface area is 218 Å². The predicted molar refractivity (Wildman–Crippen MR) is 139 cm³/mol. The zero-order valence-corrected chi connectivity index (χ0v) is 21.3. The zero-order chi connectivity index (χ0) is 26.8. The molecule has 7 nitrogen and oxygen atoms in total. The molecule has 1 aliphatic rings. The number of Topliss-reactive ketones (excluding diaryl/α,β-unsaturated/α-hetero) is 1. The molecule has 0 unspecified atom stereocenters. The fourth-order valence-corrected chi connectivity index (χ4v) is 5.21. The van der Waals surface area contributed by atoms with Crippen LogP contribution < -0.4 is 5.56 Å². The minimum absolute atomic E-state index is 0.0192. The first-order chi connectivity index (χ1) is 18.2. The lowest BCUT2D eigenvalue weighted by Gasteiger charge is -2.36. The first-order valence-corrected chi connectivity index (χ1v) is 12.9. The number of ketones is 1. The number of nitrogens with zero attached hydrogens (tertiary/aromatic N) is 3. The van der Waals surface area contributed by atoms with Crippen molar-refractivity contribution in [2.45, 2.75) is 70.0 Å². The highest BCUT2D eigenvalue weighted by molar-refractivity contribution is 5.87. The molecular weight excluding hydrogens is 490 g/mol. The van der Waals surface area contributed by atoms with Gasteiger partial charge in [-0.1, -0.05) is 73.9 Å². The Kier molecular flexibility index (Phi) is 7.21. The number of alkyl halides is 2. The predicted octanol–water partition coefficient (Wildman–Crippen LogP) is 5.62. The van der Waals surface area contributed by atoms with Gasteiger partial charge < -0.3 is 4.74 Å². The maximum absolute atomic E-state index is 14.1. The van der Waals surface area contributed by atoms with Crippen LogP contribution in [0.15, 0.2) is 65.5 Å². The van der Waals surface area contributed by atoms with Crippen LogP contribution in [0.25, 0.3) is 17.2 Å². The number of aromatic amines is 1. The summed E-state index contributed by atoms with van der Waals surface area (Å²) in [6, 6.07) is 17.1. The molecular formula is C29H30F2N4O3. The van der Waals surface area contributed by atoms with Crippen LogP contribution in [0.2, 0.25) is 0 Å². The topological polar surface area (TPSA) is 89.4 Å². The van der Waals surface area contributed by atoms with E-state index in [1.165, 1.54) is 16.6 Å². The summed E-state index contributed by atoms with van der Waals surface area (Å²) in [6.07, 6.45) is 4.10. The van der Waals surface area contributed by atoms with Crippen molar-refractivity contribution in [3.8, 4) is 11.4 Å². The van der Waals surface area contributed by atoms with Gasteiger partial charge in [-0.15, -0.1) is 0 Å². The summed E-state index contributed by atoms with van der Waals surface area (Å²) < 4.78 is 35.7. The van der Waals surface area contributed by atoms with Gasteiger partial charge in [-0.25, -0.2) is 13.8 Å². The van der Waals surface area contributed by atoms with Gasteiger partial charge in [0.2, 0.25) is 0 Å². The number of hydrogen-bond acceptors (Lipinski definition) is 5. The van der Waals surface area contributed by atoms with Crippen molar-refractivity contribution in [3.63, 3.8) is 0 Å². The number of benzene rings is 2. The average molecular weight is 521 g/mol. The standard InChI is InChI=1S/C29H30F2N4O3/c1-28(30,31)23-13-7-6-10-20(23)14-15-24(36)29(16-8-3-9-17-29)38-19-22-18-25(37)35-27(32-22)33-26(34-35)21-11-4-2-5-12-21/h2,4-7,10-13,18H,3,8-9,14-17,19H2,1H3,(H,32,33,34). The second kappa shape index (κ2) is 10.6. The third-order valence-electron chi connectivity index (χ3n) is 7.21. The third-order valence-corrected chi connectivity index (χ3v) is 7.21. The van der Waals surface area contributed by atoms with Crippen LogP contribution in [0.3, 0.4) is 0 Å². The molecule has 1 saturated carbocycles. The Morgan fingerprint density at radius 2 is 1.76 bits per heavy atom. The molecule has 198 valence electrons. The van der Waals surface area contributed by atoms with Gasteiger partial charge in [0.05, 0.1) is 12.3 Å². The lowest BCUT2D eigenvalue weighted by Crippen LogP contribution is -2.43. The van der Waals surface area contributed by atoms with Gasteiger partial charge in [0.15, 0.2) is 11.6 Å². The van der Waals surface area contributed by atoms with Gasteiger partial charge in [0.25, 0.3) is 17.3 Å². The molecule has 4 aromatic rings. The molecule has 38 heavy (non-hydrogen) atoms. The number of halogens is 2. The molecule has 1 N–H and O–H groups in total. The van der Waals surface area contributed by atoms with Crippen LogP contribution in [0.4, 0.5) is 8.78 Å². The number of carbonyl (C=O) groups excluding carboxylic acids is 1. The van der Waals surface area contributed by atoms with Crippen molar-refractivity contribution in [2.75, 3.05) is 0 Å². The third kappa shape index (κ3) is 5.43. The van der Waals surface area contributed by atoms with E-state index in [0.717, 1.165) is 31.7 Å². The van der Waals surface area contributed by atoms with Crippen LogP contribution in [0.1, 0.15) is 62.3 Å². The van der Waals surface area contributed by atoms with Gasteiger partial charge in [-0.05, 0) is 24.8 Å². The molecule has 0 saturated heterocycles. The second-order valence-corrected chi connectivity index (χ2v) is 9.97. The quantitative estimate of drug-likeness (QED) is 0.310.